The molecule has 0 unspecified atom stereocenters. The number of benzene rings is 4. The Balaban J connectivity index is 1.51. The number of aromatic nitrogens is 1. The Morgan fingerprint density at radius 3 is 2.20 bits per heavy atom. The van der Waals surface area contributed by atoms with Gasteiger partial charge < -0.3 is 18.1 Å². The molecule has 1 aliphatic heterocycles. The molecule has 0 amide bonds. The van der Waals surface area contributed by atoms with E-state index < -0.39 is 18.3 Å². The Hall–Kier alpha value is -3.61. The summed E-state index contributed by atoms with van der Waals surface area (Å²) < 4.78 is 25.6. The zero-order chi connectivity index (χ0) is 23.9. The summed E-state index contributed by atoms with van der Waals surface area (Å²) in [6, 6.07) is 24.5. The third-order valence-electron chi connectivity index (χ3n) is 7.55. The maximum atomic E-state index is 6.51. The van der Waals surface area contributed by atoms with Crippen LogP contribution in [0, 0.1) is 0 Å². The van der Waals surface area contributed by atoms with Crippen LogP contribution in [0.3, 0.4) is 0 Å². The minimum atomic E-state index is -0.609. The summed E-state index contributed by atoms with van der Waals surface area (Å²) in [6.45, 7) is 8.23. The minimum Gasteiger partial charge on any atom is -0.456 e. The number of furan rings is 1. The molecule has 0 aliphatic carbocycles. The van der Waals surface area contributed by atoms with Gasteiger partial charge in [-0.05, 0) is 56.7 Å². The third kappa shape index (κ3) is 3.00. The van der Waals surface area contributed by atoms with E-state index in [2.05, 4.69) is 58.0 Å². The summed E-state index contributed by atoms with van der Waals surface area (Å²) in [5.74, 6) is 0.556. The number of hydrogen-bond donors (Lipinski definition) is 0. The van der Waals surface area contributed by atoms with Crippen LogP contribution >= 0.6 is 0 Å². The smallest absolute Gasteiger partial charge is 0.456 e. The van der Waals surface area contributed by atoms with E-state index in [4.69, 9.17) is 23.1 Å². The largest absolute Gasteiger partial charge is 0.497 e. The highest BCUT2D eigenvalue weighted by Gasteiger charge is 2.53. The fraction of sp³-hybridized carbons (Fsp3) is 0.207. The van der Waals surface area contributed by atoms with E-state index in [0.717, 1.165) is 43.9 Å². The number of hydrogen-bond acceptors (Lipinski definition) is 5. The van der Waals surface area contributed by atoms with Gasteiger partial charge in [0.15, 0.2) is 5.58 Å². The van der Waals surface area contributed by atoms with E-state index in [1.807, 2.05) is 42.5 Å². The van der Waals surface area contributed by atoms with Crippen molar-refractivity contribution in [2.45, 2.75) is 38.9 Å². The van der Waals surface area contributed by atoms with Crippen molar-refractivity contribution in [1.29, 1.82) is 0 Å². The molecule has 1 aliphatic rings. The van der Waals surface area contributed by atoms with Gasteiger partial charge in [-0.1, -0.05) is 48.5 Å². The fourth-order valence-electron chi connectivity index (χ4n) is 4.94. The van der Waals surface area contributed by atoms with Crippen molar-refractivity contribution in [3.05, 3.63) is 72.8 Å². The Labute approximate surface area is 202 Å². The highest BCUT2D eigenvalue weighted by atomic mass is 16.7. The van der Waals surface area contributed by atoms with Gasteiger partial charge in [0.25, 0.3) is 0 Å². The van der Waals surface area contributed by atoms with Crippen molar-refractivity contribution in [3.63, 3.8) is 0 Å². The molecule has 0 bridgehead atoms. The van der Waals surface area contributed by atoms with E-state index in [1.165, 1.54) is 5.39 Å². The average Bonchev–Trinajstić information content (AvgIpc) is 3.48. The van der Waals surface area contributed by atoms with E-state index >= 15 is 0 Å². The predicted octanol–water partition coefficient (Wildman–Crippen LogP) is 6.85. The zero-order valence-corrected chi connectivity index (χ0v) is 20.1. The summed E-state index contributed by atoms with van der Waals surface area (Å²) in [7, 11) is -0.609. The molecule has 0 saturated carbocycles. The topological polar surface area (TPSA) is 57.6 Å². The molecule has 0 N–H and O–H groups in total. The molecule has 0 atom stereocenters. The monoisotopic (exact) mass is 461 g/mol. The molecular weight excluding hydrogens is 437 g/mol. The molecule has 1 saturated heterocycles. The van der Waals surface area contributed by atoms with Gasteiger partial charge in [0, 0.05) is 27.9 Å². The molecule has 0 spiro atoms. The molecule has 4 aromatic carbocycles. The summed E-state index contributed by atoms with van der Waals surface area (Å²) in [5.41, 5.74) is 3.69. The maximum Gasteiger partial charge on any atom is 0.497 e. The summed E-state index contributed by atoms with van der Waals surface area (Å²) in [6.07, 6.45) is 0. The Bertz CT molecular complexity index is 1760. The molecule has 3 heterocycles. The first-order chi connectivity index (χ1) is 16.8. The molecule has 2 aromatic heterocycles. The van der Waals surface area contributed by atoms with Crippen LogP contribution in [-0.2, 0) is 9.31 Å². The number of oxazole rings is 1. The summed E-state index contributed by atoms with van der Waals surface area (Å²) in [4.78, 5) is 5.00. The highest BCUT2D eigenvalue weighted by molar-refractivity contribution is 6.69. The lowest BCUT2D eigenvalue weighted by Crippen LogP contribution is -2.41. The van der Waals surface area contributed by atoms with Crippen LogP contribution in [-0.4, -0.2) is 23.3 Å². The van der Waals surface area contributed by atoms with E-state index in [-0.39, 0.29) is 0 Å². The maximum absolute atomic E-state index is 6.51. The highest BCUT2D eigenvalue weighted by Crippen LogP contribution is 2.40. The normalized spacial score (nSPS) is 17.3. The van der Waals surface area contributed by atoms with Crippen LogP contribution in [0.4, 0.5) is 0 Å². The van der Waals surface area contributed by atoms with E-state index in [1.54, 1.807) is 0 Å². The van der Waals surface area contributed by atoms with Crippen molar-refractivity contribution in [1.82, 2.24) is 4.98 Å². The van der Waals surface area contributed by atoms with Crippen molar-refractivity contribution >= 4 is 56.4 Å². The van der Waals surface area contributed by atoms with Crippen molar-refractivity contribution in [2.24, 2.45) is 0 Å². The second-order valence-electron chi connectivity index (χ2n) is 10.3. The van der Waals surface area contributed by atoms with E-state index in [9.17, 15) is 0 Å². The van der Waals surface area contributed by atoms with Crippen LogP contribution < -0.4 is 5.46 Å². The molecule has 35 heavy (non-hydrogen) atoms. The number of nitrogens with zero attached hydrogens (tertiary/aromatic N) is 1. The van der Waals surface area contributed by atoms with Gasteiger partial charge in [-0.25, -0.2) is 4.98 Å². The molecule has 6 heteroatoms. The molecule has 172 valence electrons. The number of rotatable bonds is 2. The molecule has 5 nitrogen and oxygen atoms in total. The standard InChI is InChI=1S/C29H24BNO4/c1-28(2)29(3,4)35-30(34-28)25-24-20-11-7-8-12-21(20)32-22(24)16-23-26(25)31-27(33-23)19-14-13-17-9-5-6-10-18(17)15-19/h5-16H,1-4H3. The van der Waals surface area contributed by atoms with Crippen molar-refractivity contribution < 1.29 is 18.1 Å². The van der Waals surface area contributed by atoms with Gasteiger partial charge in [-0.3, -0.25) is 0 Å². The Morgan fingerprint density at radius 1 is 0.686 bits per heavy atom. The van der Waals surface area contributed by atoms with Crippen LogP contribution in [0.1, 0.15) is 27.7 Å². The van der Waals surface area contributed by atoms with Gasteiger partial charge in [0.2, 0.25) is 5.89 Å². The van der Waals surface area contributed by atoms with Crippen molar-refractivity contribution in [2.75, 3.05) is 0 Å². The van der Waals surface area contributed by atoms with Crippen LogP contribution in [0.25, 0.3) is 55.3 Å². The third-order valence-corrected chi connectivity index (χ3v) is 7.55. The number of fused-ring (bicyclic) bond motifs is 5. The lowest BCUT2D eigenvalue weighted by molar-refractivity contribution is 0.00578. The first kappa shape index (κ1) is 20.7. The van der Waals surface area contributed by atoms with E-state index in [0.29, 0.717) is 11.5 Å². The lowest BCUT2D eigenvalue weighted by Gasteiger charge is -2.32. The zero-order valence-electron chi connectivity index (χ0n) is 20.1. The average molecular weight is 461 g/mol. The molecule has 0 radical (unpaired) electrons. The minimum absolute atomic E-state index is 0.489. The molecule has 7 rings (SSSR count). The predicted molar refractivity (Wildman–Crippen MR) is 140 cm³/mol. The first-order valence-electron chi connectivity index (χ1n) is 11.9. The summed E-state index contributed by atoms with van der Waals surface area (Å²) in [5, 5.41) is 4.27. The van der Waals surface area contributed by atoms with Crippen molar-refractivity contribution in [3.8, 4) is 11.5 Å². The van der Waals surface area contributed by atoms with Crippen LogP contribution in [0.5, 0.6) is 0 Å². The second kappa shape index (κ2) is 6.97. The van der Waals surface area contributed by atoms with Gasteiger partial charge >= 0.3 is 7.12 Å². The summed E-state index contributed by atoms with van der Waals surface area (Å²) >= 11 is 0. The van der Waals surface area contributed by atoms with Gasteiger partial charge in [0.05, 0.1) is 11.2 Å². The molecule has 1 fully saturated rings. The first-order valence-corrected chi connectivity index (χ1v) is 11.9. The lowest BCUT2D eigenvalue weighted by atomic mass is 9.75. The van der Waals surface area contributed by atoms with Gasteiger partial charge in [0.1, 0.15) is 16.7 Å². The van der Waals surface area contributed by atoms with Gasteiger partial charge in [-0.2, -0.15) is 0 Å². The fourth-order valence-corrected chi connectivity index (χ4v) is 4.94. The van der Waals surface area contributed by atoms with Gasteiger partial charge in [-0.15, -0.1) is 0 Å². The Morgan fingerprint density at radius 2 is 1.40 bits per heavy atom. The van der Waals surface area contributed by atoms with Crippen LogP contribution in [0.2, 0.25) is 0 Å². The quantitative estimate of drug-likeness (QED) is 0.264. The number of para-hydroxylation sites is 1. The molecular formula is C29H24BNO4. The van der Waals surface area contributed by atoms with Crippen LogP contribution in [0.15, 0.2) is 81.6 Å². The molecule has 6 aromatic rings. The second-order valence-corrected chi connectivity index (χ2v) is 10.3. The SMILES string of the molecule is CC1(C)OB(c2c3nc(-c4ccc5ccccc5c4)oc3cc3oc4ccccc4c23)OC1(C)C. The Kier molecular flexibility index (Phi) is 4.13.